The highest BCUT2D eigenvalue weighted by Gasteiger charge is 2.09. The van der Waals surface area contributed by atoms with Crippen LogP contribution < -0.4 is 0 Å². The van der Waals surface area contributed by atoms with Crippen LogP contribution in [-0.2, 0) is 9.53 Å². The number of halogens is 2. The molecule has 0 radical (unpaired) electrons. The van der Waals surface area contributed by atoms with Gasteiger partial charge in [-0.25, -0.2) is 9.18 Å². The van der Waals surface area contributed by atoms with E-state index in [9.17, 15) is 14.3 Å². The predicted molar refractivity (Wildman–Crippen MR) is 61.3 cm³/mol. The van der Waals surface area contributed by atoms with E-state index in [2.05, 4.69) is 20.7 Å². The highest BCUT2D eigenvalue weighted by atomic mass is 79.9. The molecule has 0 amide bonds. The van der Waals surface area contributed by atoms with Gasteiger partial charge in [-0.1, -0.05) is 15.9 Å². The number of hydrogen-bond donors (Lipinski definition) is 1. The molecule has 0 atom stereocenters. The lowest BCUT2D eigenvalue weighted by atomic mass is 10.1. The molecule has 16 heavy (non-hydrogen) atoms. The molecule has 0 spiro atoms. The number of carbonyl (C=O) groups is 1. The third kappa shape index (κ3) is 3.34. The van der Waals surface area contributed by atoms with E-state index in [1.807, 2.05) is 0 Å². The number of aliphatic hydroxyl groups excluding tert-OH is 1. The number of aliphatic hydroxyl groups is 1. The standard InChI is InChI=1S/C11H10BrFO3/c1-2-16-11(15)6-10(14)8-4-3-7(12)5-9(8)13/h3-6,14H,2H2,1H3. The second kappa shape index (κ2) is 5.65. The molecular weight excluding hydrogens is 279 g/mol. The van der Waals surface area contributed by atoms with Crippen LogP contribution in [0.25, 0.3) is 5.76 Å². The van der Waals surface area contributed by atoms with Crippen molar-refractivity contribution >= 4 is 27.7 Å². The molecule has 1 aromatic rings. The van der Waals surface area contributed by atoms with Gasteiger partial charge in [0.15, 0.2) is 0 Å². The van der Waals surface area contributed by atoms with E-state index in [1.54, 1.807) is 13.0 Å². The summed E-state index contributed by atoms with van der Waals surface area (Å²) < 4.78 is 18.5. The fraction of sp³-hybridized carbons (Fsp3) is 0.182. The molecule has 0 fully saturated rings. The Balaban J connectivity index is 2.96. The van der Waals surface area contributed by atoms with E-state index in [0.29, 0.717) is 4.47 Å². The Bertz CT molecular complexity index is 429. The zero-order valence-electron chi connectivity index (χ0n) is 8.54. The van der Waals surface area contributed by atoms with Crippen molar-refractivity contribution in [1.29, 1.82) is 0 Å². The first kappa shape index (κ1) is 12.7. The Kier molecular flexibility index (Phi) is 4.49. The van der Waals surface area contributed by atoms with Crippen LogP contribution in [0, 0.1) is 5.82 Å². The molecule has 0 heterocycles. The summed E-state index contributed by atoms with van der Waals surface area (Å²) in [4.78, 5) is 11.0. The normalized spacial score (nSPS) is 11.3. The third-order valence-electron chi connectivity index (χ3n) is 1.75. The SMILES string of the molecule is CCOC(=O)C=C(O)c1ccc(Br)cc1F. The first-order valence-electron chi connectivity index (χ1n) is 4.57. The molecule has 1 aromatic carbocycles. The lowest BCUT2D eigenvalue weighted by Gasteiger charge is -2.02. The van der Waals surface area contributed by atoms with Gasteiger partial charge in [0.1, 0.15) is 11.6 Å². The summed E-state index contributed by atoms with van der Waals surface area (Å²) in [6.07, 6.45) is 0.843. The van der Waals surface area contributed by atoms with Crippen molar-refractivity contribution in [1.82, 2.24) is 0 Å². The van der Waals surface area contributed by atoms with Crippen LogP contribution in [0.5, 0.6) is 0 Å². The van der Waals surface area contributed by atoms with Gasteiger partial charge in [-0.2, -0.15) is 0 Å². The first-order chi connectivity index (χ1) is 7.54. The molecule has 0 aliphatic heterocycles. The van der Waals surface area contributed by atoms with Gasteiger partial charge in [0.05, 0.1) is 18.2 Å². The van der Waals surface area contributed by atoms with Crippen LogP contribution in [0.3, 0.4) is 0 Å². The molecule has 3 nitrogen and oxygen atoms in total. The summed E-state index contributed by atoms with van der Waals surface area (Å²) >= 11 is 3.09. The quantitative estimate of drug-likeness (QED) is 0.528. The molecule has 0 aliphatic rings. The average Bonchev–Trinajstić information content (AvgIpc) is 2.17. The number of carbonyl (C=O) groups excluding carboxylic acids is 1. The molecule has 0 saturated carbocycles. The summed E-state index contributed by atoms with van der Waals surface area (Å²) in [5.41, 5.74) is -0.0451. The fourth-order valence-corrected chi connectivity index (χ4v) is 1.40. The minimum Gasteiger partial charge on any atom is -0.507 e. The van der Waals surface area contributed by atoms with Crippen molar-refractivity contribution < 1.29 is 19.0 Å². The number of benzene rings is 1. The van der Waals surface area contributed by atoms with E-state index in [-0.39, 0.29) is 12.2 Å². The molecule has 0 aromatic heterocycles. The van der Waals surface area contributed by atoms with Crippen molar-refractivity contribution in [3.8, 4) is 0 Å². The molecule has 86 valence electrons. The molecule has 5 heteroatoms. The largest absolute Gasteiger partial charge is 0.507 e. The Hall–Kier alpha value is -1.36. The number of rotatable bonds is 3. The van der Waals surface area contributed by atoms with Gasteiger partial charge < -0.3 is 9.84 Å². The second-order valence-corrected chi connectivity index (χ2v) is 3.82. The minimum atomic E-state index is -0.706. The molecular formula is C11H10BrFO3. The smallest absolute Gasteiger partial charge is 0.334 e. The van der Waals surface area contributed by atoms with E-state index >= 15 is 0 Å². The summed E-state index contributed by atoms with van der Waals surface area (Å²) in [6.45, 7) is 1.84. The van der Waals surface area contributed by atoms with Crippen molar-refractivity contribution in [3.05, 3.63) is 40.1 Å². The average molecular weight is 289 g/mol. The molecule has 0 aliphatic carbocycles. The predicted octanol–water partition coefficient (Wildman–Crippen LogP) is 3.05. The van der Waals surface area contributed by atoms with Gasteiger partial charge in [0, 0.05) is 4.47 Å². The Labute approximate surface area is 101 Å². The van der Waals surface area contributed by atoms with E-state index < -0.39 is 17.5 Å². The van der Waals surface area contributed by atoms with Gasteiger partial charge in [-0.15, -0.1) is 0 Å². The molecule has 0 saturated heterocycles. The first-order valence-corrected chi connectivity index (χ1v) is 5.36. The third-order valence-corrected chi connectivity index (χ3v) is 2.24. The number of ether oxygens (including phenoxy) is 1. The van der Waals surface area contributed by atoms with E-state index in [1.165, 1.54) is 12.1 Å². The highest BCUT2D eigenvalue weighted by Crippen LogP contribution is 2.20. The van der Waals surface area contributed by atoms with E-state index in [0.717, 1.165) is 6.08 Å². The fourth-order valence-electron chi connectivity index (χ4n) is 1.07. The maximum atomic E-state index is 13.4. The van der Waals surface area contributed by atoms with Gasteiger partial charge in [-0.3, -0.25) is 0 Å². The zero-order chi connectivity index (χ0) is 12.1. The Morgan fingerprint density at radius 2 is 2.31 bits per heavy atom. The van der Waals surface area contributed by atoms with Crippen LogP contribution in [0.1, 0.15) is 12.5 Å². The van der Waals surface area contributed by atoms with E-state index in [4.69, 9.17) is 0 Å². The van der Waals surface area contributed by atoms with Crippen LogP contribution in [0.15, 0.2) is 28.7 Å². The van der Waals surface area contributed by atoms with Crippen molar-refractivity contribution in [2.24, 2.45) is 0 Å². The Morgan fingerprint density at radius 3 is 2.88 bits per heavy atom. The maximum absolute atomic E-state index is 13.4. The van der Waals surface area contributed by atoms with Crippen molar-refractivity contribution in [3.63, 3.8) is 0 Å². The summed E-state index contributed by atoms with van der Waals surface area (Å²) in [5, 5.41) is 9.49. The minimum absolute atomic E-state index is 0.0451. The monoisotopic (exact) mass is 288 g/mol. The van der Waals surface area contributed by atoms with Gasteiger partial charge in [-0.05, 0) is 25.1 Å². The van der Waals surface area contributed by atoms with Crippen LogP contribution >= 0.6 is 15.9 Å². The maximum Gasteiger partial charge on any atom is 0.334 e. The number of esters is 1. The summed E-state index contributed by atoms with van der Waals surface area (Å²) in [5.74, 6) is -1.78. The van der Waals surface area contributed by atoms with Crippen LogP contribution in [0.4, 0.5) is 4.39 Å². The molecule has 1 N–H and O–H groups in total. The summed E-state index contributed by atoms with van der Waals surface area (Å²) in [7, 11) is 0. The van der Waals surface area contributed by atoms with Crippen molar-refractivity contribution in [2.45, 2.75) is 6.92 Å². The lowest BCUT2D eigenvalue weighted by molar-refractivity contribution is -0.137. The second-order valence-electron chi connectivity index (χ2n) is 2.91. The molecule has 0 bridgehead atoms. The highest BCUT2D eigenvalue weighted by molar-refractivity contribution is 9.10. The lowest BCUT2D eigenvalue weighted by Crippen LogP contribution is -2.01. The molecule has 0 unspecified atom stereocenters. The Morgan fingerprint density at radius 1 is 1.62 bits per heavy atom. The van der Waals surface area contributed by atoms with Gasteiger partial charge in [0.25, 0.3) is 0 Å². The van der Waals surface area contributed by atoms with Gasteiger partial charge in [0.2, 0.25) is 0 Å². The topological polar surface area (TPSA) is 46.5 Å². The van der Waals surface area contributed by atoms with Crippen LogP contribution in [0.2, 0.25) is 0 Å². The van der Waals surface area contributed by atoms with Crippen LogP contribution in [-0.4, -0.2) is 17.7 Å². The molecule has 1 rings (SSSR count). The van der Waals surface area contributed by atoms with Gasteiger partial charge >= 0.3 is 5.97 Å². The zero-order valence-corrected chi connectivity index (χ0v) is 10.1. The summed E-state index contributed by atoms with van der Waals surface area (Å²) in [6, 6.07) is 4.13. The number of hydrogen-bond acceptors (Lipinski definition) is 3. The van der Waals surface area contributed by atoms with Crippen molar-refractivity contribution in [2.75, 3.05) is 6.61 Å².